The van der Waals surface area contributed by atoms with Crippen LogP contribution in [0.1, 0.15) is 41.8 Å². The molecular weight excluding hydrogens is 361 g/mol. The van der Waals surface area contributed by atoms with Gasteiger partial charge in [-0.1, -0.05) is 0 Å². The molecule has 3 aromatic rings. The Morgan fingerprint density at radius 1 is 1.15 bits per heavy atom. The fourth-order valence-corrected chi connectivity index (χ4v) is 5.11. The minimum absolute atomic E-state index is 0.124. The van der Waals surface area contributed by atoms with Gasteiger partial charge in [0.15, 0.2) is 0 Å². The molecule has 2 aromatic heterocycles. The number of hydrogen-bond acceptors (Lipinski definition) is 2. The minimum atomic E-state index is -0.324. The van der Waals surface area contributed by atoms with E-state index in [1.165, 1.54) is 46.0 Å². The molecule has 1 aliphatic carbocycles. The molecule has 1 atom stereocenters. The molecule has 4 nitrogen and oxygen atoms in total. The van der Waals surface area contributed by atoms with Gasteiger partial charge >= 0.3 is 6.03 Å². The predicted octanol–water partition coefficient (Wildman–Crippen LogP) is 5.44. The zero-order chi connectivity index (χ0) is 18.8. The lowest BCUT2D eigenvalue weighted by atomic mass is 9.93. The molecular formula is C21H22FN3OS. The largest absolute Gasteiger partial charge is 0.331 e. The molecule has 6 heteroatoms. The maximum atomic E-state index is 13.0. The zero-order valence-corrected chi connectivity index (χ0v) is 16.0. The Balaban J connectivity index is 1.57. The third-order valence-corrected chi connectivity index (χ3v) is 6.24. The van der Waals surface area contributed by atoms with Gasteiger partial charge in [0.25, 0.3) is 0 Å². The predicted molar refractivity (Wildman–Crippen MR) is 107 cm³/mol. The van der Waals surface area contributed by atoms with Gasteiger partial charge in [-0.15, -0.1) is 11.3 Å². The number of nitrogens with one attached hydrogen (secondary N) is 2. The van der Waals surface area contributed by atoms with Crippen molar-refractivity contribution in [3.05, 3.63) is 70.6 Å². The van der Waals surface area contributed by atoms with E-state index in [4.69, 9.17) is 0 Å². The number of thiophene rings is 1. The monoisotopic (exact) mass is 383 g/mol. The molecule has 0 radical (unpaired) electrons. The summed E-state index contributed by atoms with van der Waals surface area (Å²) >= 11 is 1.83. The summed E-state index contributed by atoms with van der Waals surface area (Å²) in [6, 6.07) is 9.39. The van der Waals surface area contributed by atoms with Gasteiger partial charge in [0, 0.05) is 28.5 Å². The number of amides is 2. The van der Waals surface area contributed by atoms with Crippen LogP contribution in [0.2, 0.25) is 0 Å². The van der Waals surface area contributed by atoms with Crippen LogP contribution in [0, 0.1) is 5.82 Å². The van der Waals surface area contributed by atoms with Crippen molar-refractivity contribution in [3.8, 4) is 5.00 Å². The van der Waals surface area contributed by atoms with Crippen molar-refractivity contribution >= 4 is 23.1 Å². The lowest BCUT2D eigenvalue weighted by Crippen LogP contribution is -2.32. The first-order chi connectivity index (χ1) is 13.1. The maximum absolute atomic E-state index is 13.0. The zero-order valence-electron chi connectivity index (χ0n) is 15.2. The number of aryl methyl sites for hydroxylation is 1. The lowest BCUT2D eigenvalue weighted by molar-refractivity contribution is 0.249. The summed E-state index contributed by atoms with van der Waals surface area (Å²) in [7, 11) is 0. The van der Waals surface area contributed by atoms with Gasteiger partial charge in [0.1, 0.15) is 10.8 Å². The molecule has 0 saturated heterocycles. The number of benzene rings is 1. The molecule has 2 N–H and O–H groups in total. The summed E-state index contributed by atoms with van der Waals surface area (Å²) in [5.74, 6) is -0.324. The summed E-state index contributed by atoms with van der Waals surface area (Å²) in [5.41, 5.74) is 3.17. The number of hydrogen-bond donors (Lipinski definition) is 2. The second-order valence-corrected chi connectivity index (χ2v) is 7.93. The van der Waals surface area contributed by atoms with Crippen LogP contribution in [-0.4, -0.2) is 10.6 Å². The molecule has 0 fully saturated rings. The second-order valence-electron chi connectivity index (χ2n) is 6.85. The highest BCUT2D eigenvalue weighted by molar-refractivity contribution is 7.15. The van der Waals surface area contributed by atoms with Crippen LogP contribution in [0.25, 0.3) is 5.00 Å². The van der Waals surface area contributed by atoms with Crippen molar-refractivity contribution in [1.29, 1.82) is 0 Å². The Labute approximate surface area is 162 Å². The summed E-state index contributed by atoms with van der Waals surface area (Å²) in [6.45, 7) is 2.02. The Bertz CT molecular complexity index is 931. The molecule has 140 valence electrons. The Kier molecular flexibility index (Phi) is 4.99. The van der Waals surface area contributed by atoms with E-state index in [0.29, 0.717) is 5.69 Å². The topological polar surface area (TPSA) is 46.1 Å². The fourth-order valence-electron chi connectivity index (χ4n) is 3.65. The first-order valence-corrected chi connectivity index (χ1v) is 10.0. The highest BCUT2D eigenvalue weighted by atomic mass is 32.1. The second kappa shape index (κ2) is 7.56. The van der Waals surface area contributed by atoms with Gasteiger partial charge in [0.2, 0.25) is 0 Å². The van der Waals surface area contributed by atoms with Crippen LogP contribution in [0.5, 0.6) is 0 Å². The normalized spacial score (nSPS) is 14.4. The number of urea groups is 1. The number of aromatic nitrogens is 1. The minimum Gasteiger partial charge on any atom is -0.331 e. The number of carbonyl (C=O) groups is 1. The number of halogens is 1. The quantitative estimate of drug-likeness (QED) is 0.619. The third-order valence-electron chi connectivity index (χ3n) is 4.91. The van der Waals surface area contributed by atoms with Crippen LogP contribution >= 0.6 is 11.3 Å². The van der Waals surface area contributed by atoms with Crippen molar-refractivity contribution in [2.24, 2.45) is 0 Å². The van der Waals surface area contributed by atoms with E-state index in [9.17, 15) is 9.18 Å². The fraction of sp³-hybridized carbons (Fsp3) is 0.286. The van der Waals surface area contributed by atoms with Crippen LogP contribution in [0.4, 0.5) is 14.9 Å². The van der Waals surface area contributed by atoms with E-state index >= 15 is 0 Å². The van der Waals surface area contributed by atoms with Crippen LogP contribution in [-0.2, 0) is 12.8 Å². The molecule has 4 rings (SSSR count). The van der Waals surface area contributed by atoms with E-state index in [1.807, 2.05) is 42.8 Å². The number of rotatable bonds is 4. The average molecular weight is 383 g/mol. The van der Waals surface area contributed by atoms with E-state index < -0.39 is 0 Å². The summed E-state index contributed by atoms with van der Waals surface area (Å²) in [4.78, 5) is 13.9. The Morgan fingerprint density at radius 3 is 2.59 bits per heavy atom. The molecule has 1 aromatic carbocycles. The number of carbonyl (C=O) groups excluding carboxylic acids is 1. The van der Waals surface area contributed by atoms with Gasteiger partial charge in [-0.2, -0.15) is 0 Å². The van der Waals surface area contributed by atoms with Gasteiger partial charge in [-0.25, -0.2) is 9.18 Å². The highest BCUT2D eigenvalue weighted by Crippen LogP contribution is 2.40. The van der Waals surface area contributed by atoms with Crippen molar-refractivity contribution in [3.63, 3.8) is 0 Å². The van der Waals surface area contributed by atoms with Crippen molar-refractivity contribution in [1.82, 2.24) is 9.88 Å². The molecule has 0 bridgehead atoms. The summed E-state index contributed by atoms with van der Waals surface area (Å²) in [6.07, 6.45) is 8.69. The van der Waals surface area contributed by atoms with E-state index in [1.54, 1.807) is 12.1 Å². The number of nitrogens with zero attached hydrogens (tertiary/aromatic N) is 1. The van der Waals surface area contributed by atoms with Gasteiger partial charge in [-0.05, 0) is 74.6 Å². The van der Waals surface area contributed by atoms with Gasteiger partial charge in [0.05, 0.1) is 6.04 Å². The molecule has 0 saturated carbocycles. The molecule has 1 aliphatic rings. The molecule has 2 amide bonds. The van der Waals surface area contributed by atoms with Crippen LogP contribution in [0.15, 0.2) is 48.8 Å². The molecule has 0 spiro atoms. The smallest absolute Gasteiger partial charge is 0.319 e. The standard InChI is InChI=1S/C21H22FN3OS/c1-14(23-21(26)24-16-10-8-15(22)9-11-16)19-17-6-2-3-7-18(17)27-20(19)25-12-4-5-13-25/h4-5,8-14H,2-3,6-7H2,1H3,(H2,23,24,26). The summed E-state index contributed by atoms with van der Waals surface area (Å²) in [5, 5.41) is 7.01. The summed E-state index contributed by atoms with van der Waals surface area (Å²) < 4.78 is 15.2. The van der Waals surface area contributed by atoms with Crippen molar-refractivity contribution < 1.29 is 9.18 Å². The first kappa shape index (κ1) is 17.8. The van der Waals surface area contributed by atoms with Gasteiger partial charge in [-0.3, -0.25) is 0 Å². The average Bonchev–Trinajstić information content (AvgIpc) is 3.30. The highest BCUT2D eigenvalue weighted by Gasteiger charge is 2.25. The van der Waals surface area contributed by atoms with E-state index in [0.717, 1.165) is 12.8 Å². The molecule has 2 heterocycles. The van der Waals surface area contributed by atoms with Crippen LogP contribution < -0.4 is 10.6 Å². The maximum Gasteiger partial charge on any atom is 0.319 e. The third kappa shape index (κ3) is 3.76. The number of anilines is 1. The molecule has 0 aliphatic heterocycles. The number of fused-ring (bicyclic) bond motifs is 1. The molecule has 27 heavy (non-hydrogen) atoms. The van der Waals surface area contributed by atoms with E-state index in [-0.39, 0.29) is 17.9 Å². The van der Waals surface area contributed by atoms with Crippen LogP contribution in [0.3, 0.4) is 0 Å². The first-order valence-electron chi connectivity index (χ1n) is 9.22. The van der Waals surface area contributed by atoms with Gasteiger partial charge < -0.3 is 15.2 Å². The lowest BCUT2D eigenvalue weighted by Gasteiger charge is -2.20. The molecule has 1 unspecified atom stereocenters. The Morgan fingerprint density at radius 2 is 1.85 bits per heavy atom. The van der Waals surface area contributed by atoms with E-state index in [2.05, 4.69) is 15.2 Å². The Hall–Kier alpha value is -2.60. The van der Waals surface area contributed by atoms with Crippen molar-refractivity contribution in [2.45, 2.75) is 38.6 Å². The van der Waals surface area contributed by atoms with Crippen molar-refractivity contribution in [2.75, 3.05) is 5.32 Å². The SMILES string of the molecule is CC(NC(=O)Nc1ccc(F)cc1)c1c(-n2cccc2)sc2c1CCCC2.